The zero-order valence-electron chi connectivity index (χ0n) is 16.3. The summed E-state index contributed by atoms with van der Waals surface area (Å²) in [5.74, 6) is 0.323. The molecule has 2 amide bonds. The van der Waals surface area contributed by atoms with Crippen molar-refractivity contribution in [1.29, 1.82) is 0 Å². The fourth-order valence-electron chi connectivity index (χ4n) is 2.92. The maximum atomic E-state index is 12.7. The number of aromatic nitrogens is 1. The summed E-state index contributed by atoms with van der Waals surface area (Å²) in [5.41, 5.74) is 2.98. The molecule has 1 aliphatic heterocycles. The number of nitrogens with one attached hydrogen (secondary N) is 3. The first-order valence-electron chi connectivity index (χ1n) is 9.19. The Kier molecular flexibility index (Phi) is 5.99. The molecule has 3 N–H and O–H groups in total. The molecule has 0 spiro atoms. The van der Waals surface area contributed by atoms with Crippen molar-refractivity contribution < 1.29 is 18.0 Å². The van der Waals surface area contributed by atoms with E-state index in [-0.39, 0.29) is 11.8 Å². The van der Waals surface area contributed by atoms with Crippen LogP contribution in [0.3, 0.4) is 0 Å². The molecule has 1 aromatic heterocycles. The first-order valence-corrected chi connectivity index (χ1v) is 12.9. The third-order valence-electron chi connectivity index (χ3n) is 4.31. The average molecular weight is 475 g/mol. The summed E-state index contributed by atoms with van der Waals surface area (Å²) < 4.78 is 25.0. The predicted molar refractivity (Wildman–Crippen MR) is 124 cm³/mol. The van der Waals surface area contributed by atoms with Gasteiger partial charge in [0.1, 0.15) is 0 Å². The molecule has 3 aromatic rings. The number of benzene rings is 2. The Bertz CT molecular complexity index is 1250. The Hall–Kier alpha value is -2.89. The number of sulfonamides is 1. The van der Waals surface area contributed by atoms with Crippen LogP contribution in [0, 0.1) is 0 Å². The lowest BCUT2D eigenvalue weighted by molar-refractivity contribution is -0.115. The van der Waals surface area contributed by atoms with Crippen LogP contribution in [-0.2, 0) is 14.8 Å². The van der Waals surface area contributed by atoms with Crippen LogP contribution in [0.2, 0.25) is 0 Å². The van der Waals surface area contributed by atoms with Crippen molar-refractivity contribution in [2.75, 3.05) is 27.4 Å². The SMILES string of the molecule is CS(=O)(=O)Nc1ccc(-c2csc(NC(=O)c3ccc4c(c3)NC(=O)CCS4)n2)cc1. The quantitative estimate of drug-likeness (QED) is 0.517. The van der Waals surface area contributed by atoms with Gasteiger partial charge in [-0.1, -0.05) is 12.1 Å². The Labute approximate surface area is 187 Å². The van der Waals surface area contributed by atoms with Crippen molar-refractivity contribution in [3.63, 3.8) is 0 Å². The Morgan fingerprint density at radius 2 is 1.94 bits per heavy atom. The molecule has 0 atom stereocenters. The molecule has 160 valence electrons. The van der Waals surface area contributed by atoms with E-state index in [4.69, 9.17) is 0 Å². The van der Waals surface area contributed by atoms with Crippen LogP contribution in [0.15, 0.2) is 52.7 Å². The number of thioether (sulfide) groups is 1. The molecule has 0 fully saturated rings. The van der Waals surface area contributed by atoms with Crippen molar-refractivity contribution in [2.24, 2.45) is 0 Å². The highest BCUT2D eigenvalue weighted by Gasteiger charge is 2.17. The second kappa shape index (κ2) is 8.69. The number of amides is 2. The highest BCUT2D eigenvalue weighted by atomic mass is 32.2. The van der Waals surface area contributed by atoms with Crippen LogP contribution >= 0.6 is 23.1 Å². The summed E-state index contributed by atoms with van der Waals surface area (Å²) in [6, 6.07) is 12.0. The minimum absolute atomic E-state index is 0.0638. The average Bonchev–Trinajstić information content (AvgIpc) is 3.08. The van der Waals surface area contributed by atoms with Crippen LogP contribution < -0.4 is 15.4 Å². The molecule has 0 aliphatic carbocycles. The van der Waals surface area contributed by atoms with Crippen molar-refractivity contribution in [3.8, 4) is 11.3 Å². The van der Waals surface area contributed by atoms with E-state index in [1.807, 2.05) is 11.4 Å². The van der Waals surface area contributed by atoms with Gasteiger partial charge in [-0.2, -0.15) is 0 Å². The van der Waals surface area contributed by atoms with E-state index in [0.29, 0.717) is 39.9 Å². The monoisotopic (exact) mass is 474 g/mol. The molecule has 8 nitrogen and oxygen atoms in total. The first kappa shape index (κ1) is 21.3. The van der Waals surface area contributed by atoms with Crippen LogP contribution in [0.4, 0.5) is 16.5 Å². The van der Waals surface area contributed by atoms with Gasteiger partial charge in [-0.3, -0.25) is 19.6 Å². The van der Waals surface area contributed by atoms with Gasteiger partial charge in [0.2, 0.25) is 15.9 Å². The van der Waals surface area contributed by atoms with Crippen LogP contribution in [0.1, 0.15) is 16.8 Å². The Balaban J connectivity index is 1.46. The fraction of sp³-hybridized carbons (Fsp3) is 0.150. The van der Waals surface area contributed by atoms with Crippen molar-refractivity contribution in [2.45, 2.75) is 11.3 Å². The molecule has 11 heteroatoms. The van der Waals surface area contributed by atoms with Crippen molar-refractivity contribution in [1.82, 2.24) is 4.98 Å². The minimum Gasteiger partial charge on any atom is -0.325 e. The summed E-state index contributed by atoms with van der Waals surface area (Å²) in [7, 11) is -3.34. The third-order valence-corrected chi connectivity index (χ3v) is 6.75. The molecule has 0 radical (unpaired) electrons. The van der Waals surface area contributed by atoms with E-state index < -0.39 is 10.0 Å². The molecule has 0 saturated carbocycles. The van der Waals surface area contributed by atoms with Gasteiger partial charge in [-0.05, 0) is 30.3 Å². The van der Waals surface area contributed by atoms with Gasteiger partial charge < -0.3 is 5.32 Å². The second-order valence-corrected chi connectivity index (χ2v) is 10.5. The Morgan fingerprint density at radius 1 is 1.16 bits per heavy atom. The van der Waals surface area contributed by atoms with Crippen LogP contribution in [0.5, 0.6) is 0 Å². The maximum Gasteiger partial charge on any atom is 0.257 e. The zero-order valence-corrected chi connectivity index (χ0v) is 18.8. The van der Waals surface area contributed by atoms with Gasteiger partial charge in [0.05, 0.1) is 17.6 Å². The second-order valence-electron chi connectivity index (χ2n) is 6.80. The molecule has 31 heavy (non-hydrogen) atoms. The molecule has 0 saturated heterocycles. The number of thiazole rings is 1. The summed E-state index contributed by atoms with van der Waals surface area (Å²) in [6.07, 6.45) is 1.53. The van der Waals surface area contributed by atoms with Crippen LogP contribution in [-0.4, -0.2) is 37.2 Å². The van der Waals surface area contributed by atoms with Gasteiger partial charge in [-0.15, -0.1) is 23.1 Å². The lowest BCUT2D eigenvalue weighted by atomic mass is 10.1. The topological polar surface area (TPSA) is 117 Å². The molecular weight excluding hydrogens is 456 g/mol. The van der Waals surface area contributed by atoms with E-state index in [2.05, 4.69) is 20.3 Å². The third kappa shape index (κ3) is 5.43. The molecule has 2 aromatic carbocycles. The normalized spacial score (nSPS) is 13.6. The van der Waals surface area contributed by atoms with E-state index in [1.54, 1.807) is 48.2 Å². The van der Waals surface area contributed by atoms with Crippen molar-refractivity contribution >= 4 is 61.4 Å². The van der Waals surface area contributed by atoms with Crippen LogP contribution in [0.25, 0.3) is 11.3 Å². The van der Waals surface area contributed by atoms with E-state index in [0.717, 1.165) is 16.7 Å². The number of carbonyl (C=O) groups is 2. The summed E-state index contributed by atoms with van der Waals surface area (Å²) in [4.78, 5) is 29.8. The maximum absolute atomic E-state index is 12.7. The molecule has 0 bridgehead atoms. The first-order chi connectivity index (χ1) is 14.8. The molecule has 0 unspecified atom stereocenters. The molecular formula is C20H18N4O4S3. The molecule has 1 aliphatic rings. The highest BCUT2D eigenvalue weighted by molar-refractivity contribution is 7.99. The van der Waals surface area contributed by atoms with Gasteiger partial charge in [-0.25, -0.2) is 13.4 Å². The summed E-state index contributed by atoms with van der Waals surface area (Å²) in [6.45, 7) is 0. The summed E-state index contributed by atoms with van der Waals surface area (Å²) in [5, 5.41) is 7.86. The van der Waals surface area contributed by atoms with E-state index >= 15 is 0 Å². The van der Waals surface area contributed by atoms with E-state index in [9.17, 15) is 18.0 Å². The summed E-state index contributed by atoms with van der Waals surface area (Å²) >= 11 is 2.86. The Morgan fingerprint density at radius 3 is 2.68 bits per heavy atom. The number of hydrogen-bond donors (Lipinski definition) is 3. The number of hydrogen-bond acceptors (Lipinski definition) is 7. The van der Waals surface area contributed by atoms with Gasteiger partial charge in [0.25, 0.3) is 5.91 Å². The lowest BCUT2D eigenvalue weighted by Crippen LogP contribution is -2.14. The van der Waals surface area contributed by atoms with Gasteiger partial charge >= 0.3 is 0 Å². The smallest absolute Gasteiger partial charge is 0.257 e. The van der Waals surface area contributed by atoms with E-state index in [1.165, 1.54) is 11.3 Å². The predicted octanol–water partition coefficient (Wildman–Crippen LogP) is 3.87. The molecule has 4 rings (SSSR count). The van der Waals surface area contributed by atoms with Gasteiger partial charge in [0, 0.05) is 39.3 Å². The standard InChI is InChI=1S/C20H18N4O4S3/c1-31(27,28)24-14-5-2-12(3-6-14)16-11-30-20(22-16)23-19(26)13-4-7-17-15(10-13)21-18(25)8-9-29-17/h2-7,10-11,24H,8-9H2,1H3,(H,21,25)(H,22,23,26). The number of nitrogens with zero attached hydrogens (tertiary/aromatic N) is 1. The number of fused-ring (bicyclic) bond motifs is 1. The fourth-order valence-corrected chi connectivity index (χ4v) is 5.13. The largest absolute Gasteiger partial charge is 0.325 e. The highest BCUT2D eigenvalue weighted by Crippen LogP contribution is 2.32. The van der Waals surface area contributed by atoms with Crippen molar-refractivity contribution in [3.05, 3.63) is 53.4 Å². The lowest BCUT2D eigenvalue weighted by Gasteiger charge is -2.08. The number of rotatable bonds is 5. The molecule has 2 heterocycles. The number of carbonyl (C=O) groups excluding carboxylic acids is 2. The minimum atomic E-state index is -3.34. The number of anilines is 3. The van der Waals surface area contributed by atoms with Gasteiger partial charge in [0.15, 0.2) is 5.13 Å². The zero-order chi connectivity index (χ0) is 22.0.